The van der Waals surface area contributed by atoms with Gasteiger partial charge in [-0.3, -0.25) is 4.79 Å². The summed E-state index contributed by atoms with van der Waals surface area (Å²) in [7, 11) is 0. The number of ether oxygens (including phenoxy) is 1. The SMILES string of the molecule is Cc1cc(-c2ccc(OC(C)C)cc2)nc(NCC(=O)O)n1. The Morgan fingerprint density at radius 1 is 1.27 bits per heavy atom. The first-order valence-electron chi connectivity index (χ1n) is 7.02. The van der Waals surface area contributed by atoms with Crippen LogP contribution in [0.2, 0.25) is 0 Å². The van der Waals surface area contributed by atoms with Gasteiger partial charge >= 0.3 is 5.97 Å². The maximum atomic E-state index is 10.6. The number of carbonyl (C=O) groups is 1. The van der Waals surface area contributed by atoms with E-state index >= 15 is 0 Å². The van der Waals surface area contributed by atoms with Crippen molar-refractivity contribution < 1.29 is 14.6 Å². The molecule has 0 saturated carbocycles. The maximum absolute atomic E-state index is 10.6. The van der Waals surface area contributed by atoms with Crippen molar-refractivity contribution in [3.8, 4) is 17.0 Å². The summed E-state index contributed by atoms with van der Waals surface area (Å²) >= 11 is 0. The van der Waals surface area contributed by atoms with Gasteiger partial charge in [-0.25, -0.2) is 9.97 Å². The molecule has 0 bridgehead atoms. The van der Waals surface area contributed by atoms with Crippen LogP contribution in [0.15, 0.2) is 30.3 Å². The summed E-state index contributed by atoms with van der Waals surface area (Å²) in [5, 5.41) is 11.4. The molecule has 0 radical (unpaired) electrons. The molecule has 0 spiro atoms. The third-order valence-corrected chi connectivity index (χ3v) is 2.77. The molecule has 0 unspecified atom stereocenters. The van der Waals surface area contributed by atoms with E-state index < -0.39 is 5.97 Å². The number of aromatic nitrogens is 2. The van der Waals surface area contributed by atoms with Crippen molar-refractivity contribution in [3.63, 3.8) is 0 Å². The Bertz CT molecular complexity index is 654. The minimum absolute atomic E-state index is 0.124. The summed E-state index contributed by atoms with van der Waals surface area (Å²) in [6, 6.07) is 9.46. The van der Waals surface area contributed by atoms with Crippen molar-refractivity contribution in [2.24, 2.45) is 0 Å². The van der Waals surface area contributed by atoms with Crippen molar-refractivity contribution in [1.82, 2.24) is 9.97 Å². The van der Waals surface area contributed by atoms with Crippen molar-refractivity contribution >= 4 is 11.9 Å². The second-order valence-electron chi connectivity index (χ2n) is 5.16. The molecule has 0 aliphatic carbocycles. The number of aryl methyl sites for hydroxylation is 1. The van der Waals surface area contributed by atoms with E-state index in [2.05, 4.69) is 15.3 Å². The minimum atomic E-state index is -0.957. The molecule has 0 saturated heterocycles. The van der Waals surface area contributed by atoms with Crippen LogP contribution in [0.5, 0.6) is 5.75 Å². The lowest BCUT2D eigenvalue weighted by Crippen LogP contribution is -2.14. The normalized spacial score (nSPS) is 10.5. The van der Waals surface area contributed by atoms with Crippen LogP contribution in [0.1, 0.15) is 19.5 Å². The molecular weight excluding hydrogens is 282 g/mol. The van der Waals surface area contributed by atoms with Gasteiger partial charge in [0.05, 0.1) is 11.8 Å². The van der Waals surface area contributed by atoms with Crippen molar-refractivity contribution in [2.75, 3.05) is 11.9 Å². The highest BCUT2D eigenvalue weighted by Crippen LogP contribution is 2.22. The first-order chi connectivity index (χ1) is 10.4. The molecule has 0 fully saturated rings. The van der Waals surface area contributed by atoms with Gasteiger partial charge < -0.3 is 15.2 Å². The molecule has 2 N–H and O–H groups in total. The van der Waals surface area contributed by atoms with Gasteiger partial charge in [0.2, 0.25) is 5.95 Å². The van der Waals surface area contributed by atoms with Crippen LogP contribution in [-0.4, -0.2) is 33.7 Å². The van der Waals surface area contributed by atoms with Crippen LogP contribution in [0.4, 0.5) is 5.95 Å². The lowest BCUT2D eigenvalue weighted by Gasteiger charge is -2.10. The number of hydrogen-bond donors (Lipinski definition) is 2. The third-order valence-electron chi connectivity index (χ3n) is 2.77. The fourth-order valence-electron chi connectivity index (χ4n) is 1.93. The minimum Gasteiger partial charge on any atom is -0.491 e. The van der Waals surface area contributed by atoms with Crippen molar-refractivity contribution in [2.45, 2.75) is 26.9 Å². The second-order valence-corrected chi connectivity index (χ2v) is 5.16. The first kappa shape index (κ1) is 15.8. The Balaban J connectivity index is 2.22. The molecule has 2 rings (SSSR count). The van der Waals surface area contributed by atoms with Gasteiger partial charge in [0.1, 0.15) is 12.3 Å². The van der Waals surface area contributed by atoms with E-state index in [1.807, 2.05) is 51.1 Å². The van der Waals surface area contributed by atoms with Crippen molar-refractivity contribution in [3.05, 3.63) is 36.0 Å². The highest BCUT2D eigenvalue weighted by molar-refractivity contribution is 5.72. The molecular formula is C16H19N3O3. The Morgan fingerprint density at radius 2 is 1.95 bits per heavy atom. The summed E-state index contributed by atoms with van der Waals surface area (Å²) in [4.78, 5) is 19.1. The predicted octanol–water partition coefficient (Wildman–Crippen LogP) is 2.74. The summed E-state index contributed by atoms with van der Waals surface area (Å²) in [5.74, 6) is 0.149. The molecule has 0 amide bonds. The monoisotopic (exact) mass is 301 g/mol. The molecule has 0 aliphatic heterocycles. The molecule has 1 heterocycles. The van der Waals surface area contributed by atoms with Crippen LogP contribution < -0.4 is 10.1 Å². The Hall–Kier alpha value is -2.63. The standard InChI is InChI=1S/C16H19N3O3/c1-10(2)22-13-6-4-12(5-7-13)14-8-11(3)18-16(19-14)17-9-15(20)21/h4-8,10H,9H2,1-3H3,(H,20,21)(H,17,18,19). The number of nitrogens with one attached hydrogen (secondary N) is 1. The average molecular weight is 301 g/mol. The number of carboxylic acid groups (broad SMARTS) is 1. The van der Waals surface area contributed by atoms with Gasteiger partial charge in [-0.05, 0) is 51.1 Å². The third kappa shape index (κ3) is 4.44. The fraction of sp³-hybridized carbons (Fsp3) is 0.312. The number of hydrogen-bond acceptors (Lipinski definition) is 5. The highest BCUT2D eigenvalue weighted by atomic mass is 16.5. The summed E-state index contributed by atoms with van der Waals surface area (Å²) in [5.41, 5.74) is 2.41. The number of benzene rings is 1. The number of nitrogens with zero attached hydrogens (tertiary/aromatic N) is 2. The molecule has 0 aliphatic rings. The fourth-order valence-corrected chi connectivity index (χ4v) is 1.93. The molecule has 116 valence electrons. The Labute approximate surface area is 129 Å². The van der Waals surface area contributed by atoms with E-state index in [0.717, 1.165) is 22.7 Å². The van der Waals surface area contributed by atoms with Crippen LogP contribution >= 0.6 is 0 Å². The topological polar surface area (TPSA) is 84.3 Å². The first-order valence-corrected chi connectivity index (χ1v) is 7.02. The number of carboxylic acids is 1. The van der Waals surface area contributed by atoms with Crippen LogP contribution in [0.3, 0.4) is 0 Å². The van der Waals surface area contributed by atoms with E-state index in [0.29, 0.717) is 5.95 Å². The molecule has 6 heteroatoms. The van der Waals surface area contributed by atoms with Gasteiger partial charge in [-0.15, -0.1) is 0 Å². The predicted molar refractivity (Wildman–Crippen MR) is 84.1 cm³/mol. The van der Waals surface area contributed by atoms with Gasteiger partial charge in [0.15, 0.2) is 0 Å². The molecule has 6 nitrogen and oxygen atoms in total. The molecule has 2 aromatic rings. The van der Waals surface area contributed by atoms with E-state index in [4.69, 9.17) is 9.84 Å². The second kappa shape index (κ2) is 6.89. The smallest absolute Gasteiger partial charge is 0.322 e. The van der Waals surface area contributed by atoms with E-state index in [-0.39, 0.29) is 12.6 Å². The average Bonchev–Trinajstić information content (AvgIpc) is 2.45. The van der Waals surface area contributed by atoms with Crippen molar-refractivity contribution in [1.29, 1.82) is 0 Å². The Morgan fingerprint density at radius 3 is 2.55 bits per heavy atom. The maximum Gasteiger partial charge on any atom is 0.322 e. The van der Waals surface area contributed by atoms with Crippen LogP contribution in [0.25, 0.3) is 11.3 Å². The summed E-state index contributed by atoms with van der Waals surface area (Å²) in [6.07, 6.45) is 0.124. The van der Waals surface area contributed by atoms with Gasteiger partial charge in [-0.2, -0.15) is 0 Å². The van der Waals surface area contributed by atoms with Gasteiger partial charge in [0.25, 0.3) is 0 Å². The Kier molecular flexibility index (Phi) is 4.93. The van der Waals surface area contributed by atoms with Crippen LogP contribution in [0, 0.1) is 6.92 Å². The lowest BCUT2D eigenvalue weighted by molar-refractivity contribution is -0.134. The number of aliphatic carboxylic acids is 1. The number of anilines is 1. The molecule has 22 heavy (non-hydrogen) atoms. The van der Waals surface area contributed by atoms with Gasteiger partial charge in [0, 0.05) is 11.3 Å². The zero-order chi connectivity index (χ0) is 16.1. The largest absolute Gasteiger partial charge is 0.491 e. The van der Waals surface area contributed by atoms with Crippen LogP contribution in [-0.2, 0) is 4.79 Å². The zero-order valence-corrected chi connectivity index (χ0v) is 12.8. The summed E-state index contributed by atoms with van der Waals surface area (Å²) < 4.78 is 5.61. The lowest BCUT2D eigenvalue weighted by atomic mass is 10.1. The molecule has 0 atom stereocenters. The number of rotatable bonds is 6. The van der Waals surface area contributed by atoms with E-state index in [1.165, 1.54) is 0 Å². The summed E-state index contributed by atoms with van der Waals surface area (Å²) in [6.45, 7) is 5.57. The van der Waals surface area contributed by atoms with E-state index in [9.17, 15) is 4.79 Å². The quantitative estimate of drug-likeness (QED) is 0.853. The highest BCUT2D eigenvalue weighted by Gasteiger charge is 2.07. The van der Waals surface area contributed by atoms with E-state index in [1.54, 1.807) is 0 Å². The molecule has 1 aromatic heterocycles. The zero-order valence-electron chi connectivity index (χ0n) is 12.8. The molecule has 1 aromatic carbocycles. The van der Waals surface area contributed by atoms with Gasteiger partial charge in [-0.1, -0.05) is 0 Å².